The second kappa shape index (κ2) is 5.40. The number of likely N-dealkylation sites (tertiary alicyclic amines) is 1. The molecule has 1 aliphatic rings. The van der Waals surface area contributed by atoms with Gasteiger partial charge in [0.1, 0.15) is 0 Å². The normalized spacial score (nSPS) is 23.8. The highest BCUT2D eigenvalue weighted by Crippen LogP contribution is 2.27. The number of para-hydroxylation sites is 1. The van der Waals surface area contributed by atoms with E-state index in [9.17, 15) is 4.79 Å². The van der Waals surface area contributed by atoms with Gasteiger partial charge in [0, 0.05) is 18.8 Å². The van der Waals surface area contributed by atoms with Crippen molar-refractivity contribution >= 4 is 11.7 Å². The van der Waals surface area contributed by atoms with Gasteiger partial charge in [0.15, 0.2) is 0 Å². The zero-order valence-electron chi connectivity index (χ0n) is 10.9. The summed E-state index contributed by atoms with van der Waals surface area (Å²) >= 11 is 0. The molecule has 1 unspecified atom stereocenters. The molecule has 4 heteroatoms. The molecule has 0 radical (unpaired) electrons. The van der Waals surface area contributed by atoms with Gasteiger partial charge >= 0.3 is 6.03 Å². The van der Waals surface area contributed by atoms with E-state index in [1.54, 1.807) is 0 Å². The summed E-state index contributed by atoms with van der Waals surface area (Å²) in [5.74, 6) is 0. The molecule has 98 valence electrons. The smallest absolute Gasteiger partial charge is 0.322 e. The third kappa shape index (κ3) is 2.64. The predicted octanol–water partition coefficient (Wildman–Crippen LogP) is 2.42. The zero-order chi connectivity index (χ0) is 13.0. The van der Waals surface area contributed by atoms with Crippen LogP contribution in [0.25, 0.3) is 0 Å². The molecule has 18 heavy (non-hydrogen) atoms. The molecule has 1 aliphatic heterocycles. The van der Waals surface area contributed by atoms with Crippen LogP contribution in [0.15, 0.2) is 30.3 Å². The van der Waals surface area contributed by atoms with Crippen molar-refractivity contribution < 1.29 is 4.79 Å². The predicted molar refractivity (Wildman–Crippen MR) is 73.5 cm³/mol. The van der Waals surface area contributed by atoms with E-state index < -0.39 is 0 Å². The van der Waals surface area contributed by atoms with Crippen LogP contribution in [0.1, 0.15) is 26.2 Å². The Morgan fingerprint density at radius 2 is 2.11 bits per heavy atom. The van der Waals surface area contributed by atoms with Gasteiger partial charge in [-0.05, 0) is 38.3 Å². The van der Waals surface area contributed by atoms with Crippen LogP contribution >= 0.6 is 0 Å². The highest BCUT2D eigenvalue weighted by Gasteiger charge is 2.36. The number of piperidine rings is 1. The molecular weight excluding hydrogens is 226 g/mol. The van der Waals surface area contributed by atoms with Crippen LogP contribution in [0.5, 0.6) is 0 Å². The molecule has 4 nitrogen and oxygen atoms in total. The molecule has 1 atom stereocenters. The number of amides is 2. The van der Waals surface area contributed by atoms with E-state index in [-0.39, 0.29) is 11.6 Å². The zero-order valence-corrected chi connectivity index (χ0v) is 10.9. The average Bonchev–Trinajstić information content (AvgIpc) is 2.40. The van der Waals surface area contributed by atoms with Crippen molar-refractivity contribution in [1.29, 1.82) is 0 Å². The van der Waals surface area contributed by atoms with E-state index >= 15 is 0 Å². The molecule has 0 saturated carbocycles. The molecule has 3 N–H and O–H groups in total. The standard InChI is InChI=1S/C14H21N3O/c1-14(11-15)9-5-6-10-17(14)13(18)16-12-7-3-2-4-8-12/h2-4,7-8H,5-6,9-11,15H2,1H3,(H,16,18). The molecule has 0 bridgehead atoms. The Morgan fingerprint density at radius 3 is 2.78 bits per heavy atom. The molecule has 1 saturated heterocycles. The third-order valence-corrected chi connectivity index (χ3v) is 3.71. The summed E-state index contributed by atoms with van der Waals surface area (Å²) in [4.78, 5) is 14.2. The SMILES string of the molecule is CC1(CN)CCCCN1C(=O)Nc1ccccc1. The Morgan fingerprint density at radius 1 is 1.39 bits per heavy atom. The minimum absolute atomic E-state index is 0.0474. The van der Waals surface area contributed by atoms with E-state index in [4.69, 9.17) is 5.73 Å². The third-order valence-electron chi connectivity index (χ3n) is 3.71. The van der Waals surface area contributed by atoms with Gasteiger partial charge in [0.25, 0.3) is 0 Å². The van der Waals surface area contributed by atoms with Crippen LogP contribution in [-0.2, 0) is 0 Å². The van der Waals surface area contributed by atoms with Gasteiger partial charge in [-0.15, -0.1) is 0 Å². The summed E-state index contributed by atoms with van der Waals surface area (Å²) in [6.45, 7) is 3.36. The number of carbonyl (C=O) groups excluding carboxylic acids is 1. The number of benzene rings is 1. The first-order chi connectivity index (χ1) is 8.65. The fourth-order valence-corrected chi connectivity index (χ4v) is 2.45. The fraction of sp³-hybridized carbons (Fsp3) is 0.500. The summed E-state index contributed by atoms with van der Waals surface area (Å²) in [7, 11) is 0. The van der Waals surface area contributed by atoms with Crippen molar-refractivity contribution in [1.82, 2.24) is 4.90 Å². The van der Waals surface area contributed by atoms with E-state index in [1.807, 2.05) is 35.2 Å². The summed E-state index contributed by atoms with van der Waals surface area (Å²) in [5.41, 5.74) is 6.45. The van der Waals surface area contributed by atoms with Crippen molar-refractivity contribution in [3.63, 3.8) is 0 Å². The Labute approximate surface area is 108 Å². The van der Waals surface area contributed by atoms with Gasteiger partial charge in [-0.1, -0.05) is 18.2 Å². The maximum atomic E-state index is 12.3. The van der Waals surface area contributed by atoms with Crippen molar-refractivity contribution in [2.45, 2.75) is 31.7 Å². The maximum absolute atomic E-state index is 12.3. The van der Waals surface area contributed by atoms with Crippen molar-refractivity contribution in [3.8, 4) is 0 Å². The number of hydrogen-bond donors (Lipinski definition) is 2. The van der Waals surface area contributed by atoms with Gasteiger partial charge < -0.3 is 16.0 Å². The lowest BCUT2D eigenvalue weighted by molar-refractivity contribution is 0.104. The van der Waals surface area contributed by atoms with Gasteiger partial charge in [-0.25, -0.2) is 4.79 Å². The Kier molecular flexibility index (Phi) is 3.87. The Bertz CT molecular complexity index is 407. The molecule has 0 spiro atoms. The number of nitrogens with zero attached hydrogens (tertiary/aromatic N) is 1. The molecule has 1 aromatic rings. The number of hydrogen-bond acceptors (Lipinski definition) is 2. The Balaban J connectivity index is 2.08. The molecule has 2 rings (SSSR count). The highest BCUT2D eigenvalue weighted by molar-refractivity contribution is 5.89. The molecule has 1 aromatic carbocycles. The Hall–Kier alpha value is -1.55. The van der Waals surface area contributed by atoms with Gasteiger partial charge in [0.2, 0.25) is 0 Å². The first kappa shape index (κ1) is 12.9. The number of rotatable bonds is 2. The van der Waals surface area contributed by atoms with Gasteiger partial charge in [0.05, 0.1) is 5.54 Å². The van der Waals surface area contributed by atoms with E-state index in [0.717, 1.165) is 31.5 Å². The number of nitrogens with one attached hydrogen (secondary N) is 1. The van der Waals surface area contributed by atoms with Crippen LogP contribution in [-0.4, -0.2) is 29.6 Å². The van der Waals surface area contributed by atoms with Crippen LogP contribution < -0.4 is 11.1 Å². The summed E-state index contributed by atoms with van der Waals surface area (Å²) in [6, 6.07) is 9.49. The van der Waals surface area contributed by atoms with Crippen LogP contribution in [0.3, 0.4) is 0 Å². The average molecular weight is 247 g/mol. The summed E-state index contributed by atoms with van der Waals surface area (Å²) in [6.07, 6.45) is 3.17. The quantitative estimate of drug-likeness (QED) is 0.843. The van der Waals surface area contributed by atoms with Crippen molar-refractivity contribution in [2.24, 2.45) is 5.73 Å². The maximum Gasteiger partial charge on any atom is 0.322 e. The minimum Gasteiger partial charge on any atom is -0.328 e. The molecule has 1 heterocycles. The lowest BCUT2D eigenvalue weighted by atomic mass is 9.89. The second-order valence-electron chi connectivity index (χ2n) is 5.11. The molecule has 1 fully saturated rings. The second-order valence-corrected chi connectivity index (χ2v) is 5.11. The molecule has 0 aliphatic carbocycles. The largest absolute Gasteiger partial charge is 0.328 e. The van der Waals surface area contributed by atoms with Crippen LogP contribution in [0.4, 0.5) is 10.5 Å². The molecular formula is C14H21N3O. The summed E-state index contributed by atoms with van der Waals surface area (Å²) < 4.78 is 0. The topological polar surface area (TPSA) is 58.4 Å². The minimum atomic E-state index is -0.211. The lowest BCUT2D eigenvalue weighted by Crippen LogP contribution is -2.57. The number of nitrogens with two attached hydrogens (primary N) is 1. The van der Waals surface area contributed by atoms with Gasteiger partial charge in [-0.2, -0.15) is 0 Å². The van der Waals surface area contributed by atoms with Gasteiger partial charge in [-0.3, -0.25) is 0 Å². The summed E-state index contributed by atoms with van der Waals surface area (Å²) in [5, 5.41) is 2.93. The fourth-order valence-electron chi connectivity index (χ4n) is 2.45. The van der Waals surface area contributed by atoms with Crippen molar-refractivity contribution in [3.05, 3.63) is 30.3 Å². The van der Waals surface area contributed by atoms with Crippen LogP contribution in [0.2, 0.25) is 0 Å². The lowest BCUT2D eigenvalue weighted by Gasteiger charge is -2.44. The number of urea groups is 1. The van der Waals surface area contributed by atoms with E-state index in [2.05, 4.69) is 12.2 Å². The molecule has 0 aromatic heterocycles. The van der Waals surface area contributed by atoms with Crippen molar-refractivity contribution in [2.75, 3.05) is 18.4 Å². The van der Waals surface area contributed by atoms with Crippen LogP contribution in [0, 0.1) is 0 Å². The number of carbonyl (C=O) groups is 1. The van der Waals surface area contributed by atoms with E-state index in [1.165, 1.54) is 0 Å². The van der Waals surface area contributed by atoms with E-state index in [0.29, 0.717) is 6.54 Å². The molecule has 2 amide bonds. The first-order valence-corrected chi connectivity index (χ1v) is 6.49. The first-order valence-electron chi connectivity index (χ1n) is 6.49. The monoisotopic (exact) mass is 247 g/mol. The number of anilines is 1. The highest BCUT2D eigenvalue weighted by atomic mass is 16.2.